The zero-order valence-corrected chi connectivity index (χ0v) is 18.7. The van der Waals surface area contributed by atoms with E-state index in [1.165, 1.54) is 12.1 Å². The van der Waals surface area contributed by atoms with Crippen LogP contribution < -0.4 is 19.5 Å². The van der Waals surface area contributed by atoms with Crippen LogP contribution in [0.5, 0.6) is 11.5 Å². The van der Waals surface area contributed by atoms with Crippen molar-refractivity contribution >= 4 is 26.7 Å². The zero-order chi connectivity index (χ0) is 22.6. The smallest absolute Gasteiger partial charge is 0.240 e. The van der Waals surface area contributed by atoms with Crippen LogP contribution in [0.25, 0.3) is 10.8 Å². The van der Waals surface area contributed by atoms with Gasteiger partial charge in [-0.15, -0.1) is 0 Å². The number of sulfonamides is 1. The van der Waals surface area contributed by atoms with Crippen molar-refractivity contribution in [3.05, 3.63) is 66.2 Å². The minimum Gasteiger partial charge on any atom is -0.490 e. The number of carbonyl (C=O) groups excluding carboxylic acids is 1. The van der Waals surface area contributed by atoms with Crippen LogP contribution in [0.15, 0.2) is 65.6 Å². The molecule has 0 spiro atoms. The summed E-state index contributed by atoms with van der Waals surface area (Å²) in [6.45, 7) is 2.91. The van der Waals surface area contributed by atoms with Gasteiger partial charge in [0, 0.05) is 25.5 Å². The van der Waals surface area contributed by atoms with Crippen molar-refractivity contribution in [3.63, 3.8) is 0 Å². The first-order valence-electron chi connectivity index (χ1n) is 10.6. The number of rotatable bonds is 7. The first-order valence-corrected chi connectivity index (χ1v) is 12.1. The lowest BCUT2D eigenvalue weighted by molar-refractivity contribution is -0.121. The predicted octanol–water partition coefficient (Wildman–Crippen LogP) is 3.55. The molecule has 2 N–H and O–H groups in total. The highest BCUT2D eigenvalue weighted by atomic mass is 32.2. The van der Waals surface area contributed by atoms with Gasteiger partial charge in [0.05, 0.1) is 24.2 Å². The molecule has 4 rings (SSSR count). The highest BCUT2D eigenvalue weighted by Gasteiger charge is 2.19. The van der Waals surface area contributed by atoms with Crippen molar-refractivity contribution < 1.29 is 22.7 Å². The molecule has 3 aromatic rings. The van der Waals surface area contributed by atoms with Gasteiger partial charge in [-0.05, 0) is 35.4 Å². The molecule has 32 heavy (non-hydrogen) atoms. The zero-order valence-electron chi connectivity index (χ0n) is 17.8. The number of hydrogen-bond acceptors (Lipinski definition) is 5. The van der Waals surface area contributed by atoms with Gasteiger partial charge in [-0.3, -0.25) is 4.79 Å². The minimum absolute atomic E-state index is 0.00906. The molecule has 1 aliphatic rings. The minimum atomic E-state index is -3.78. The number of hydrogen-bond donors (Lipinski definition) is 2. The quantitative estimate of drug-likeness (QED) is 0.570. The van der Waals surface area contributed by atoms with Crippen molar-refractivity contribution in [3.8, 4) is 11.5 Å². The third-order valence-corrected chi connectivity index (χ3v) is 6.80. The predicted molar refractivity (Wildman–Crippen MR) is 122 cm³/mol. The number of nitrogens with one attached hydrogen (secondary N) is 2. The Labute approximate surface area is 187 Å². The summed E-state index contributed by atoms with van der Waals surface area (Å²) >= 11 is 0. The summed E-state index contributed by atoms with van der Waals surface area (Å²) < 4.78 is 38.9. The normalized spacial score (nSPS) is 14.5. The Morgan fingerprint density at radius 3 is 2.59 bits per heavy atom. The lowest BCUT2D eigenvalue weighted by atomic mass is 9.99. The van der Waals surface area contributed by atoms with Crippen molar-refractivity contribution in [1.82, 2.24) is 10.0 Å². The third-order valence-electron chi connectivity index (χ3n) is 5.34. The number of carbonyl (C=O) groups is 1. The van der Waals surface area contributed by atoms with Gasteiger partial charge >= 0.3 is 0 Å². The van der Waals surface area contributed by atoms with Gasteiger partial charge in [-0.1, -0.05) is 42.5 Å². The molecule has 0 aliphatic carbocycles. The van der Waals surface area contributed by atoms with Gasteiger partial charge in [0.1, 0.15) is 0 Å². The molecule has 0 saturated carbocycles. The molecule has 0 bridgehead atoms. The first-order chi connectivity index (χ1) is 15.4. The van der Waals surface area contributed by atoms with E-state index in [2.05, 4.69) is 10.0 Å². The van der Waals surface area contributed by atoms with Gasteiger partial charge in [0.15, 0.2) is 11.5 Å². The number of amides is 1. The summed E-state index contributed by atoms with van der Waals surface area (Å²) in [4.78, 5) is 12.5. The summed E-state index contributed by atoms with van der Waals surface area (Å²) in [6, 6.07) is 18.3. The highest BCUT2D eigenvalue weighted by Crippen LogP contribution is 2.31. The van der Waals surface area contributed by atoms with E-state index in [4.69, 9.17) is 9.47 Å². The van der Waals surface area contributed by atoms with Crippen molar-refractivity contribution in [2.75, 3.05) is 19.8 Å². The molecule has 1 heterocycles. The van der Waals surface area contributed by atoms with Gasteiger partial charge in [-0.2, -0.15) is 0 Å². The molecule has 1 aliphatic heterocycles. The van der Waals surface area contributed by atoms with Crippen molar-refractivity contribution in [2.45, 2.75) is 30.7 Å². The lowest BCUT2D eigenvalue weighted by Crippen LogP contribution is -2.32. The van der Waals surface area contributed by atoms with Crippen LogP contribution in [-0.4, -0.2) is 34.1 Å². The third kappa shape index (κ3) is 5.03. The van der Waals surface area contributed by atoms with E-state index in [1.54, 1.807) is 6.07 Å². The molecule has 0 aromatic heterocycles. The van der Waals surface area contributed by atoms with Gasteiger partial charge in [-0.25, -0.2) is 13.1 Å². The van der Waals surface area contributed by atoms with Crippen LogP contribution in [0.4, 0.5) is 0 Å². The molecule has 7 nitrogen and oxygen atoms in total. The topological polar surface area (TPSA) is 93.7 Å². The second-order valence-electron chi connectivity index (χ2n) is 7.66. The summed E-state index contributed by atoms with van der Waals surface area (Å²) in [5, 5.41) is 5.14. The van der Waals surface area contributed by atoms with E-state index in [1.807, 2.05) is 49.4 Å². The molecular weight excluding hydrogens is 428 g/mol. The Balaban J connectivity index is 1.34. The maximum absolute atomic E-state index is 12.6. The van der Waals surface area contributed by atoms with E-state index >= 15 is 0 Å². The average molecular weight is 455 g/mol. The maximum Gasteiger partial charge on any atom is 0.240 e. The fourth-order valence-corrected chi connectivity index (χ4v) is 4.76. The van der Waals surface area contributed by atoms with Gasteiger partial charge < -0.3 is 14.8 Å². The van der Waals surface area contributed by atoms with Gasteiger partial charge in [0.2, 0.25) is 15.9 Å². The van der Waals surface area contributed by atoms with E-state index in [-0.39, 0.29) is 29.8 Å². The van der Waals surface area contributed by atoms with E-state index < -0.39 is 10.0 Å². The molecule has 1 amide bonds. The van der Waals surface area contributed by atoms with Crippen molar-refractivity contribution in [2.24, 2.45) is 0 Å². The van der Waals surface area contributed by atoms with Crippen LogP contribution in [0.1, 0.15) is 31.4 Å². The SMILES string of the molecule is C[C@@H](NC(=O)CCNS(=O)(=O)c1ccc2c(c1)OCCCO2)c1cccc2ccccc12. The summed E-state index contributed by atoms with van der Waals surface area (Å²) in [5.41, 5.74) is 1.02. The van der Waals surface area contributed by atoms with Crippen LogP contribution in [-0.2, 0) is 14.8 Å². The Morgan fingerprint density at radius 1 is 1.00 bits per heavy atom. The largest absolute Gasteiger partial charge is 0.490 e. The monoisotopic (exact) mass is 454 g/mol. The van der Waals surface area contributed by atoms with E-state index in [9.17, 15) is 13.2 Å². The Morgan fingerprint density at radius 2 is 1.75 bits per heavy atom. The number of fused-ring (bicyclic) bond motifs is 2. The second kappa shape index (κ2) is 9.58. The van der Waals surface area contributed by atoms with E-state index in [0.29, 0.717) is 24.7 Å². The van der Waals surface area contributed by atoms with Gasteiger partial charge in [0.25, 0.3) is 0 Å². The summed E-state index contributed by atoms with van der Waals surface area (Å²) in [5.74, 6) is 0.710. The Bertz CT molecular complexity index is 1220. The van der Waals surface area contributed by atoms with Crippen molar-refractivity contribution in [1.29, 1.82) is 0 Å². The molecule has 3 aromatic carbocycles. The molecule has 0 fully saturated rings. The fourth-order valence-electron chi connectivity index (χ4n) is 3.71. The number of benzene rings is 3. The molecule has 1 atom stereocenters. The van der Waals surface area contributed by atoms with Crippen LogP contribution in [0.2, 0.25) is 0 Å². The standard InChI is InChI=1S/C24H26N2O5S/c1-17(20-9-4-7-18-6-2-3-8-21(18)20)26-24(27)12-13-25-32(28,29)19-10-11-22-23(16-19)31-15-5-14-30-22/h2-4,6-11,16-17,25H,5,12-15H2,1H3,(H,26,27)/t17-/m1/s1. The molecule has 8 heteroatoms. The maximum atomic E-state index is 12.6. The first kappa shape index (κ1) is 22.1. The fraction of sp³-hybridized carbons (Fsp3) is 0.292. The Kier molecular flexibility index (Phi) is 6.62. The molecule has 168 valence electrons. The molecular formula is C24H26N2O5S. The second-order valence-corrected chi connectivity index (χ2v) is 9.43. The molecule has 0 radical (unpaired) electrons. The summed E-state index contributed by atoms with van der Waals surface area (Å²) in [6.07, 6.45) is 0.764. The number of ether oxygens (including phenoxy) is 2. The lowest BCUT2D eigenvalue weighted by Gasteiger charge is -2.17. The highest BCUT2D eigenvalue weighted by molar-refractivity contribution is 7.89. The molecule has 0 unspecified atom stereocenters. The Hall–Kier alpha value is -3.10. The van der Waals surface area contributed by atoms with Crippen LogP contribution >= 0.6 is 0 Å². The summed E-state index contributed by atoms with van der Waals surface area (Å²) in [7, 11) is -3.78. The van der Waals surface area contributed by atoms with Crippen LogP contribution in [0.3, 0.4) is 0 Å². The van der Waals surface area contributed by atoms with Crippen LogP contribution in [0, 0.1) is 0 Å². The molecule has 0 saturated heterocycles. The van der Waals surface area contributed by atoms with E-state index in [0.717, 1.165) is 22.8 Å². The average Bonchev–Trinajstić information content (AvgIpc) is 3.03.